The summed E-state index contributed by atoms with van der Waals surface area (Å²) in [6.45, 7) is 0.368. The highest BCUT2D eigenvalue weighted by molar-refractivity contribution is 5.95. The molecule has 1 aliphatic carbocycles. The Morgan fingerprint density at radius 2 is 1.91 bits per heavy atom. The number of hydrogen-bond donors (Lipinski definition) is 0. The van der Waals surface area contributed by atoms with Crippen LogP contribution in [-0.4, -0.2) is 38.9 Å². The van der Waals surface area contributed by atoms with Gasteiger partial charge in [-0.1, -0.05) is 17.9 Å². The molecule has 0 N–H and O–H groups in total. The lowest BCUT2D eigenvalue weighted by Crippen LogP contribution is -2.30. The number of alkyl halides is 3. The van der Waals surface area contributed by atoms with Gasteiger partial charge in [0.05, 0.1) is 28.7 Å². The van der Waals surface area contributed by atoms with E-state index in [0.29, 0.717) is 11.2 Å². The molecule has 11 heteroatoms. The molecule has 2 aliphatic rings. The highest BCUT2D eigenvalue weighted by Crippen LogP contribution is 2.57. The van der Waals surface area contributed by atoms with E-state index in [-0.39, 0.29) is 54.3 Å². The molecule has 6 nitrogen and oxygen atoms in total. The lowest BCUT2D eigenvalue weighted by molar-refractivity contribution is -0.168. The molecule has 1 fully saturated rings. The van der Waals surface area contributed by atoms with Crippen molar-refractivity contribution in [1.29, 1.82) is 0 Å². The number of benzene rings is 2. The molecule has 0 amide bonds. The summed E-state index contributed by atoms with van der Waals surface area (Å²) in [6, 6.07) is 7.26. The van der Waals surface area contributed by atoms with Gasteiger partial charge in [-0.3, -0.25) is 4.40 Å². The van der Waals surface area contributed by atoms with Gasteiger partial charge in [-0.15, -0.1) is 10.2 Å². The number of anilines is 2. The van der Waals surface area contributed by atoms with E-state index in [4.69, 9.17) is 4.74 Å². The van der Waals surface area contributed by atoms with E-state index in [2.05, 4.69) is 27.0 Å². The Balaban J connectivity index is 1.53. The van der Waals surface area contributed by atoms with Crippen LogP contribution in [0.4, 0.5) is 33.5 Å². The van der Waals surface area contributed by atoms with E-state index in [1.54, 1.807) is 23.1 Å². The fraction of sp³-hybridized carbons (Fsp3) is 0.261. The van der Waals surface area contributed by atoms with E-state index in [0.717, 1.165) is 6.07 Å². The summed E-state index contributed by atoms with van der Waals surface area (Å²) in [5.74, 6) is 3.42. The van der Waals surface area contributed by atoms with Crippen LogP contribution in [0.3, 0.4) is 0 Å². The molecular weight excluding hydrogens is 457 g/mol. The molecule has 0 radical (unpaired) electrons. The molecule has 34 heavy (non-hydrogen) atoms. The summed E-state index contributed by atoms with van der Waals surface area (Å²) >= 11 is 0. The minimum absolute atomic E-state index is 0.0371. The largest absolute Gasteiger partial charge is 0.488 e. The zero-order chi connectivity index (χ0) is 23.7. The van der Waals surface area contributed by atoms with Crippen LogP contribution in [0.2, 0.25) is 0 Å². The molecule has 1 saturated carbocycles. The van der Waals surface area contributed by atoms with E-state index in [9.17, 15) is 17.6 Å². The van der Waals surface area contributed by atoms with E-state index >= 15 is 4.39 Å². The second-order valence-corrected chi connectivity index (χ2v) is 8.18. The van der Waals surface area contributed by atoms with Crippen LogP contribution in [0.15, 0.2) is 36.7 Å². The van der Waals surface area contributed by atoms with Gasteiger partial charge >= 0.3 is 6.18 Å². The number of ether oxygens (including phenoxy) is 1. The number of para-hydroxylation sites is 1. The summed E-state index contributed by atoms with van der Waals surface area (Å²) in [5.41, 5.74) is -0.969. The maximum Gasteiger partial charge on any atom is 0.405 e. The summed E-state index contributed by atoms with van der Waals surface area (Å²) in [7, 11) is 0. The van der Waals surface area contributed by atoms with Crippen LogP contribution in [0.1, 0.15) is 18.4 Å². The molecule has 0 atom stereocenters. The first-order valence-corrected chi connectivity index (χ1v) is 10.4. The van der Waals surface area contributed by atoms with Gasteiger partial charge in [0, 0.05) is 0 Å². The highest BCUT2D eigenvalue weighted by Gasteiger charge is 2.62. The Bertz CT molecular complexity index is 1530. The second kappa shape index (κ2) is 7.03. The van der Waals surface area contributed by atoms with Gasteiger partial charge in [0.1, 0.15) is 24.2 Å². The molecule has 0 saturated heterocycles. The van der Waals surface area contributed by atoms with Gasteiger partial charge in [0.25, 0.3) is 5.78 Å². The van der Waals surface area contributed by atoms with Crippen molar-refractivity contribution in [1.82, 2.24) is 19.6 Å². The fourth-order valence-electron chi connectivity index (χ4n) is 4.13. The van der Waals surface area contributed by atoms with Crippen molar-refractivity contribution in [2.24, 2.45) is 5.41 Å². The molecule has 4 aromatic rings. The van der Waals surface area contributed by atoms with Gasteiger partial charge in [0.2, 0.25) is 0 Å². The zero-order valence-electron chi connectivity index (χ0n) is 17.3. The van der Waals surface area contributed by atoms with Crippen molar-refractivity contribution in [3.8, 4) is 17.6 Å². The van der Waals surface area contributed by atoms with Crippen molar-refractivity contribution in [3.63, 3.8) is 0 Å². The van der Waals surface area contributed by atoms with E-state index in [1.165, 1.54) is 16.8 Å². The number of halogens is 5. The Hall–Kier alpha value is -3.94. The topological polar surface area (TPSA) is 55.5 Å². The summed E-state index contributed by atoms with van der Waals surface area (Å²) < 4.78 is 76.4. The average Bonchev–Trinajstić information content (AvgIpc) is 3.48. The molecule has 1 aliphatic heterocycles. The minimum atomic E-state index is -4.40. The second-order valence-electron chi connectivity index (χ2n) is 8.18. The van der Waals surface area contributed by atoms with E-state index < -0.39 is 23.2 Å². The smallest absolute Gasteiger partial charge is 0.405 e. The van der Waals surface area contributed by atoms with Gasteiger partial charge in [0.15, 0.2) is 17.4 Å². The first-order valence-electron chi connectivity index (χ1n) is 10.4. The van der Waals surface area contributed by atoms with Crippen LogP contribution in [-0.2, 0) is 0 Å². The third-order valence-corrected chi connectivity index (χ3v) is 6.12. The van der Waals surface area contributed by atoms with Gasteiger partial charge in [-0.05, 0) is 37.1 Å². The predicted molar refractivity (Wildman–Crippen MR) is 112 cm³/mol. The molecule has 3 heterocycles. The molecule has 172 valence electrons. The SMILES string of the molecule is Fc1ccc2c(c(N3CCOc4c(C#CC5(C(F)(F)F)CC5)cccc43)nc3nncn32)c1F. The minimum Gasteiger partial charge on any atom is -0.488 e. The maximum absolute atomic E-state index is 15.0. The third-order valence-electron chi connectivity index (χ3n) is 6.12. The van der Waals surface area contributed by atoms with Crippen molar-refractivity contribution in [2.75, 3.05) is 18.1 Å². The Morgan fingerprint density at radius 3 is 2.68 bits per heavy atom. The first kappa shape index (κ1) is 20.7. The number of nitrogens with zero attached hydrogens (tertiary/aromatic N) is 5. The van der Waals surface area contributed by atoms with Crippen molar-refractivity contribution < 1.29 is 26.7 Å². The fourth-order valence-corrected chi connectivity index (χ4v) is 4.13. The quantitative estimate of drug-likeness (QED) is 0.296. The summed E-state index contributed by atoms with van der Waals surface area (Å²) in [6.07, 6.45) is -3.13. The van der Waals surface area contributed by atoms with Crippen molar-refractivity contribution >= 4 is 28.2 Å². The Labute approximate surface area is 189 Å². The van der Waals surface area contributed by atoms with Crippen molar-refractivity contribution in [2.45, 2.75) is 19.0 Å². The molecule has 0 bridgehead atoms. The molecule has 0 unspecified atom stereocenters. The average molecular weight is 471 g/mol. The molecule has 2 aromatic heterocycles. The van der Waals surface area contributed by atoms with Gasteiger partial charge in [-0.25, -0.2) is 8.78 Å². The standard InChI is InChI=1S/C23H14F5N5O/c24-14-4-5-15-17(18(14)25)20(30-21-31-29-12-33(15)21)32-10-11-34-19-13(2-1-3-16(19)32)6-7-22(8-9-22)23(26,27)28/h1-5,12H,8-11H2. The molecular formula is C23H14F5N5O. The lowest BCUT2D eigenvalue weighted by atomic mass is 10.1. The maximum atomic E-state index is 15.0. The molecule has 0 spiro atoms. The van der Waals surface area contributed by atoms with Crippen LogP contribution < -0.4 is 9.64 Å². The van der Waals surface area contributed by atoms with E-state index in [1.807, 2.05) is 0 Å². The predicted octanol–water partition coefficient (Wildman–Crippen LogP) is 4.78. The van der Waals surface area contributed by atoms with Crippen LogP contribution in [0, 0.1) is 28.9 Å². The third kappa shape index (κ3) is 2.98. The number of rotatable bonds is 1. The van der Waals surface area contributed by atoms with Crippen LogP contribution in [0.5, 0.6) is 5.75 Å². The summed E-state index contributed by atoms with van der Waals surface area (Å²) in [4.78, 5) is 6.04. The van der Waals surface area contributed by atoms with Crippen LogP contribution in [0.25, 0.3) is 16.7 Å². The van der Waals surface area contributed by atoms with Crippen molar-refractivity contribution in [3.05, 3.63) is 53.9 Å². The number of hydrogen-bond acceptors (Lipinski definition) is 5. The zero-order valence-corrected chi connectivity index (χ0v) is 17.3. The monoisotopic (exact) mass is 471 g/mol. The number of aromatic nitrogens is 4. The number of fused-ring (bicyclic) bond motifs is 4. The first-order chi connectivity index (χ1) is 16.3. The highest BCUT2D eigenvalue weighted by atomic mass is 19.4. The normalized spacial score (nSPS) is 16.7. The molecule has 2 aromatic carbocycles. The Kier molecular flexibility index (Phi) is 4.27. The van der Waals surface area contributed by atoms with Gasteiger partial charge < -0.3 is 9.64 Å². The van der Waals surface area contributed by atoms with Gasteiger partial charge in [-0.2, -0.15) is 18.2 Å². The lowest BCUT2D eigenvalue weighted by Gasteiger charge is -2.31. The summed E-state index contributed by atoms with van der Waals surface area (Å²) in [5, 5.41) is 7.66. The Morgan fingerprint density at radius 1 is 1.09 bits per heavy atom. The van der Waals surface area contributed by atoms with Crippen LogP contribution >= 0.6 is 0 Å². The molecule has 6 rings (SSSR count).